The van der Waals surface area contributed by atoms with Crippen LogP contribution < -0.4 is 5.73 Å². The van der Waals surface area contributed by atoms with Gasteiger partial charge in [0, 0.05) is 29.6 Å². The Morgan fingerprint density at radius 3 is 2.73 bits per heavy atom. The van der Waals surface area contributed by atoms with Crippen molar-refractivity contribution in [3.63, 3.8) is 0 Å². The fourth-order valence-corrected chi connectivity index (χ4v) is 2.63. The maximum atomic E-state index is 11.7. The molecule has 0 aliphatic heterocycles. The minimum absolute atomic E-state index is 0.217. The van der Waals surface area contributed by atoms with Crippen LogP contribution in [-0.2, 0) is 16.0 Å². The average Bonchev–Trinajstić information content (AvgIpc) is 2.73. The standard InChI is InChI=1S/C17H22N2O3/c1-4-22-17(21)16(18)9-13-8-11(2)19(12(13)3)14-6-5-7-15(20)10-14/h5-8,10,16,20H,4,9,18H2,1-3H3. The van der Waals surface area contributed by atoms with Crippen molar-refractivity contribution in [3.8, 4) is 11.4 Å². The van der Waals surface area contributed by atoms with Gasteiger partial charge in [-0.2, -0.15) is 0 Å². The number of esters is 1. The van der Waals surface area contributed by atoms with Crippen molar-refractivity contribution in [2.45, 2.75) is 33.2 Å². The summed E-state index contributed by atoms with van der Waals surface area (Å²) in [4.78, 5) is 11.7. The van der Waals surface area contributed by atoms with Gasteiger partial charge in [0.05, 0.1) is 6.61 Å². The zero-order valence-electron chi connectivity index (χ0n) is 13.2. The number of aromatic nitrogens is 1. The zero-order chi connectivity index (χ0) is 16.3. The van der Waals surface area contributed by atoms with E-state index >= 15 is 0 Å². The zero-order valence-corrected chi connectivity index (χ0v) is 13.2. The van der Waals surface area contributed by atoms with Gasteiger partial charge in [0.2, 0.25) is 0 Å². The summed E-state index contributed by atoms with van der Waals surface area (Å²) in [6.45, 7) is 6.05. The van der Waals surface area contributed by atoms with E-state index in [1.54, 1.807) is 25.1 Å². The van der Waals surface area contributed by atoms with Gasteiger partial charge >= 0.3 is 5.97 Å². The molecule has 1 heterocycles. The molecule has 1 unspecified atom stereocenters. The van der Waals surface area contributed by atoms with Crippen LogP contribution in [-0.4, -0.2) is 28.3 Å². The number of carbonyl (C=O) groups excluding carboxylic acids is 1. The summed E-state index contributed by atoms with van der Waals surface area (Å²) < 4.78 is 6.98. The predicted molar refractivity (Wildman–Crippen MR) is 85.2 cm³/mol. The smallest absolute Gasteiger partial charge is 0.323 e. The van der Waals surface area contributed by atoms with Gasteiger partial charge in [-0.1, -0.05) is 6.07 Å². The molecule has 0 radical (unpaired) electrons. The van der Waals surface area contributed by atoms with Crippen LogP contribution in [0.25, 0.3) is 5.69 Å². The van der Waals surface area contributed by atoms with E-state index in [0.717, 1.165) is 22.6 Å². The first-order valence-electron chi connectivity index (χ1n) is 7.33. The first-order valence-corrected chi connectivity index (χ1v) is 7.33. The highest BCUT2D eigenvalue weighted by molar-refractivity contribution is 5.76. The molecular formula is C17H22N2O3. The molecule has 1 atom stereocenters. The van der Waals surface area contributed by atoms with Crippen LogP contribution in [0.2, 0.25) is 0 Å². The summed E-state index contributed by atoms with van der Waals surface area (Å²) in [5, 5.41) is 9.65. The molecule has 22 heavy (non-hydrogen) atoms. The van der Waals surface area contributed by atoms with Crippen LogP contribution in [0.3, 0.4) is 0 Å². The second-order valence-electron chi connectivity index (χ2n) is 5.31. The number of benzene rings is 1. The molecule has 0 aliphatic carbocycles. The lowest BCUT2D eigenvalue weighted by molar-refractivity contribution is -0.144. The lowest BCUT2D eigenvalue weighted by atomic mass is 10.1. The molecule has 2 rings (SSSR count). The van der Waals surface area contributed by atoms with Crippen molar-refractivity contribution in [2.24, 2.45) is 5.73 Å². The molecule has 0 saturated carbocycles. The molecule has 0 spiro atoms. The normalized spacial score (nSPS) is 12.2. The van der Waals surface area contributed by atoms with E-state index in [0.29, 0.717) is 13.0 Å². The third-order valence-electron chi connectivity index (χ3n) is 3.65. The number of ether oxygens (including phenoxy) is 1. The Kier molecular flexibility index (Phi) is 4.88. The quantitative estimate of drug-likeness (QED) is 0.830. The lowest BCUT2D eigenvalue weighted by Gasteiger charge is -2.12. The summed E-state index contributed by atoms with van der Waals surface area (Å²) in [5.41, 5.74) is 9.81. The van der Waals surface area contributed by atoms with Gasteiger partial charge in [0.15, 0.2) is 0 Å². The molecule has 0 saturated heterocycles. The van der Waals surface area contributed by atoms with Crippen LogP contribution in [0.1, 0.15) is 23.9 Å². The number of phenolic OH excluding ortho intramolecular Hbond substituents is 1. The molecule has 1 aromatic heterocycles. The van der Waals surface area contributed by atoms with Crippen LogP contribution in [0.5, 0.6) is 5.75 Å². The van der Waals surface area contributed by atoms with Crippen molar-refractivity contribution < 1.29 is 14.6 Å². The number of aromatic hydroxyl groups is 1. The van der Waals surface area contributed by atoms with Crippen LogP contribution in [0.4, 0.5) is 0 Å². The van der Waals surface area contributed by atoms with Crippen molar-refractivity contribution >= 4 is 5.97 Å². The molecule has 0 aliphatic rings. The molecule has 118 valence electrons. The van der Waals surface area contributed by atoms with E-state index in [9.17, 15) is 9.90 Å². The van der Waals surface area contributed by atoms with Crippen molar-refractivity contribution in [1.82, 2.24) is 4.57 Å². The summed E-state index contributed by atoms with van der Waals surface area (Å²) >= 11 is 0. The second-order valence-corrected chi connectivity index (χ2v) is 5.31. The molecule has 1 aromatic carbocycles. The number of hydrogen-bond acceptors (Lipinski definition) is 4. The van der Waals surface area contributed by atoms with Gasteiger partial charge in [-0.05, 0) is 44.5 Å². The van der Waals surface area contributed by atoms with Crippen LogP contribution >= 0.6 is 0 Å². The predicted octanol–water partition coefficient (Wildman–Crippen LogP) is 2.23. The first kappa shape index (κ1) is 16.1. The van der Waals surface area contributed by atoms with Gasteiger partial charge in [0.1, 0.15) is 11.8 Å². The van der Waals surface area contributed by atoms with E-state index in [4.69, 9.17) is 10.5 Å². The van der Waals surface area contributed by atoms with Gasteiger partial charge in [-0.15, -0.1) is 0 Å². The summed E-state index contributed by atoms with van der Waals surface area (Å²) in [5.74, 6) is -0.167. The van der Waals surface area contributed by atoms with Crippen LogP contribution in [0, 0.1) is 13.8 Å². The Morgan fingerprint density at radius 2 is 2.09 bits per heavy atom. The molecule has 0 fully saturated rings. The summed E-state index contributed by atoms with van der Waals surface area (Å²) in [7, 11) is 0. The van der Waals surface area contributed by atoms with E-state index in [2.05, 4.69) is 0 Å². The minimum atomic E-state index is -0.668. The number of hydrogen-bond donors (Lipinski definition) is 2. The van der Waals surface area contributed by atoms with E-state index in [-0.39, 0.29) is 11.7 Å². The summed E-state index contributed by atoms with van der Waals surface area (Å²) in [6, 6.07) is 8.41. The molecule has 0 amide bonds. The largest absolute Gasteiger partial charge is 0.508 e. The third-order valence-corrected chi connectivity index (χ3v) is 3.65. The number of nitrogens with zero attached hydrogens (tertiary/aromatic N) is 1. The van der Waals surface area contributed by atoms with Gasteiger partial charge in [-0.25, -0.2) is 0 Å². The van der Waals surface area contributed by atoms with E-state index in [1.165, 1.54) is 0 Å². The third kappa shape index (κ3) is 3.31. The Bertz CT molecular complexity index is 677. The highest BCUT2D eigenvalue weighted by Crippen LogP contribution is 2.24. The van der Waals surface area contributed by atoms with Gasteiger partial charge in [0.25, 0.3) is 0 Å². The van der Waals surface area contributed by atoms with Gasteiger partial charge in [-0.3, -0.25) is 4.79 Å². The SMILES string of the molecule is CCOC(=O)C(N)Cc1cc(C)n(-c2cccc(O)c2)c1C. The van der Waals surface area contributed by atoms with Crippen molar-refractivity contribution in [1.29, 1.82) is 0 Å². The number of carbonyl (C=O) groups is 1. The molecule has 5 heteroatoms. The topological polar surface area (TPSA) is 77.5 Å². The fraction of sp³-hybridized carbons (Fsp3) is 0.353. The molecule has 2 aromatic rings. The van der Waals surface area contributed by atoms with E-state index in [1.807, 2.05) is 30.5 Å². The van der Waals surface area contributed by atoms with Crippen molar-refractivity contribution in [2.75, 3.05) is 6.61 Å². The fourth-order valence-electron chi connectivity index (χ4n) is 2.63. The highest BCUT2D eigenvalue weighted by Gasteiger charge is 2.19. The van der Waals surface area contributed by atoms with Gasteiger partial charge < -0.3 is 20.1 Å². The summed E-state index contributed by atoms with van der Waals surface area (Å²) in [6.07, 6.45) is 0.428. The number of phenols is 1. The Balaban J connectivity index is 2.29. The minimum Gasteiger partial charge on any atom is -0.508 e. The Hall–Kier alpha value is -2.27. The first-order chi connectivity index (χ1) is 10.4. The average molecular weight is 302 g/mol. The number of aryl methyl sites for hydroxylation is 1. The Labute approximate surface area is 130 Å². The Morgan fingerprint density at radius 1 is 1.36 bits per heavy atom. The maximum absolute atomic E-state index is 11.7. The highest BCUT2D eigenvalue weighted by atomic mass is 16.5. The lowest BCUT2D eigenvalue weighted by Crippen LogP contribution is -2.34. The van der Waals surface area contributed by atoms with Crippen LogP contribution in [0.15, 0.2) is 30.3 Å². The number of rotatable bonds is 5. The van der Waals surface area contributed by atoms with Crippen molar-refractivity contribution in [3.05, 3.63) is 47.3 Å². The van der Waals surface area contributed by atoms with E-state index < -0.39 is 6.04 Å². The molecule has 5 nitrogen and oxygen atoms in total. The maximum Gasteiger partial charge on any atom is 0.323 e. The molecule has 0 bridgehead atoms. The number of nitrogens with two attached hydrogens (primary N) is 1. The molecule has 3 N–H and O–H groups in total. The second kappa shape index (κ2) is 6.66. The molecular weight excluding hydrogens is 280 g/mol. The monoisotopic (exact) mass is 302 g/mol.